The highest BCUT2D eigenvalue weighted by Gasteiger charge is 2.29. The van der Waals surface area contributed by atoms with Gasteiger partial charge in [0.2, 0.25) is 15.9 Å². The van der Waals surface area contributed by atoms with Crippen molar-refractivity contribution in [2.75, 3.05) is 39.3 Å². The highest BCUT2D eigenvalue weighted by atomic mass is 32.2. The number of sulfonamides is 1. The van der Waals surface area contributed by atoms with Crippen LogP contribution in [0.5, 0.6) is 0 Å². The van der Waals surface area contributed by atoms with Crippen LogP contribution in [-0.2, 0) is 21.4 Å². The van der Waals surface area contributed by atoms with Gasteiger partial charge in [0.25, 0.3) is 0 Å². The predicted molar refractivity (Wildman–Crippen MR) is 112 cm³/mol. The average molecular weight is 422 g/mol. The van der Waals surface area contributed by atoms with Gasteiger partial charge in [-0.1, -0.05) is 23.8 Å². The largest absolute Gasteiger partial charge is 0.337 e. The number of thiophene rings is 1. The van der Waals surface area contributed by atoms with Crippen molar-refractivity contribution in [1.29, 1.82) is 0 Å². The molecule has 0 unspecified atom stereocenters. The van der Waals surface area contributed by atoms with Gasteiger partial charge in [0, 0.05) is 37.6 Å². The van der Waals surface area contributed by atoms with Gasteiger partial charge >= 0.3 is 0 Å². The van der Waals surface area contributed by atoms with Crippen LogP contribution >= 0.6 is 11.3 Å². The number of benzene rings is 1. The van der Waals surface area contributed by atoms with E-state index in [9.17, 15) is 13.2 Å². The number of aryl methyl sites for hydroxylation is 1. The van der Waals surface area contributed by atoms with Gasteiger partial charge in [-0.25, -0.2) is 8.42 Å². The molecule has 0 bridgehead atoms. The molecule has 1 fully saturated rings. The molecule has 0 N–H and O–H groups in total. The lowest BCUT2D eigenvalue weighted by Gasteiger charge is -2.34. The second-order valence-corrected chi connectivity index (χ2v) is 9.95. The third kappa shape index (κ3) is 5.00. The van der Waals surface area contributed by atoms with Gasteiger partial charge < -0.3 is 4.90 Å². The van der Waals surface area contributed by atoms with Crippen molar-refractivity contribution in [2.24, 2.45) is 0 Å². The Balaban J connectivity index is 1.54. The molecule has 0 aliphatic carbocycles. The van der Waals surface area contributed by atoms with Gasteiger partial charge in [0.05, 0.1) is 18.0 Å². The molecular formula is C20H27N3O3S2. The zero-order valence-electron chi connectivity index (χ0n) is 16.4. The number of hydrogen-bond donors (Lipinski definition) is 0. The maximum Gasteiger partial charge on any atom is 0.243 e. The van der Waals surface area contributed by atoms with Crippen LogP contribution in [0.4, 0.5) is 0 Å². The summed E-state index contributed by atoms with van der Waals surface area (Å²) < 4.78 is 27.1. The summed E-state index contributed by atoms with van der Waals surface area (Å²) in [6.45, 7) is 7.48. The van der Waals surface area contributed by atoms with Crippen LogP contribution in [0.25, 0.3) is 0 Å². The predicted octanol–water partition coefficient (Wildman–Crippen LogP) is 2.41. The molecule has 152 valence electrons. The van der Waals surface area contributed by atoms with Gasteiger partial charge in [-0.2, -0.15) is 4.31 Å². The molecule has 0 radical (unpaired) electrons. The normalized spacial score (nSPS) is 16.2. The van der Waals surface area contributed by atoms with Crippen LogP contribution in [0.15, 0.2) is 46.7 Å². The first kappa shape index (κ1) is 21.0. The Bertz CT molecular complexity index is 872. The van der Waals surface area contributed by atoms with Gasteiger partial charge in [-0.15, -0.1) is 11.3 Å². The summed E-state index contributed by atoms with van der Waals surface area (Å²) in [5.41, 5.74) is 1.03. The third-order valence-corrected chi connectivity index (χ3v) is 7.78. The number of carbonyl (C=O) groups is 1. The Morgan fingerprint density at radius 1 is 1.11 bits per heavy atom. The number of hydrogen-bond acceptors (Lipinski definition) is 5. The van der Waals surface area contributed by atoms with Gasteiger partial charge in [-0.05, 0) is 37.4 Å². The minimum Gasteiger partial charge on any atom is -0.337 e. The SMILES string of the molecule is CCN(Cc1cccs1)C(=O)CN1CCN(S(=O)(=O)c2ccc(C)cc2)CC1. The molecule has 0 saturated carbocycles. The fraction of sp³-hybridized carbons (Fsp3) is 0.450. The average Bonchev–Trinajstić information content (AvgIpc) is 3.20. The lowest BCUT2D eigenvalue weighted by atomic mass is 10.2. The highest BCUT2D eigenvalue weighted by Crippen LogP contribution is 2.18. The van der Waals surface area contributed by atoms with E-state index in [2.05, 4.69) is 0 Å². The van der Waals surface area contributed by atoms with E-state index in [4.69, 9.17) is 0 Å². The molecule has 1 aromatic carbocycles. The van der Waals surface area contributed by atoms with Crippen LogP contribution in [-0.4, -0.2) is 67.7 Å². The Labute approximate surface area is 171 Å². The summed E-state index contributed by atoms with van der Waals surface area (Å²) in [5, 5.41) is 2.02. The summed E-state index contributed by atoms with van der Waals surface area (Å²) >= 11 is 1.65. The topological polar surface area (TPSA) is 60.9 Å². The van der Waals surface area contributed by atoms with Crippen LogP contribution in [0.2, 0.25) is 0 Å². The number of likely N-dealkylation sites (N-methyl/N-ethyl adjacent to an activating group) is 1. The fourth-order valence-corrected chi connectivity index (χ4v) is 5.39. The smallest absolute Gasteiger partial charge is 0.243 e. The van der Waals surface area contributed by atoms with E-state index in [-0.39, 0.29) is 5.91 Å². The molecule has 1 aliphatic rings. The molecule has 3 rings (SSSR count). The molecular weight excluding hydrogens is 394 g/mol. The monoisotopic (exact) mass is 421 g/mol. The fourth-order valence-electron chi connectivity index (χ4n) is 3.25. The maximum absolute atomic E-state index is 12.8. The quantitative estimate of drug-likeness (QED) is 0.689. The molecule has 2 heterocycles. The van der Waals surface area contributed by atoms with Crippen molar-refractivity contribution in [3.05, 3.63) is 52.2 Å². The van der Waals surface area contributed by atoms with E-state index in [0.717, 1.165) is 5.56 Å². The number of amides is 1. The summed E-state index contributed by atoms with van der Waals surface area (Å²) in [7, 11) is -3.47. The number of carbonyl (C=O) groups excluding carboxylic acids is 1. The van der Waals surface area contributed by atoms with Gasteiger partial charge in [0.15, 0.2) is 0 Å². The lowest BCUT2D eigenvalue weighted by molar-refractivity contribution is -0.133. The minimum atomic E-state index is -3.47. The van der Waals surface area contributed by atoms with Gasteiger partial charge in [-0.3, -0.25) is 9.69 Å². The van der Waals surface area contributed by atoms with Gasteiger partial charge in [0.1, 0.15) is 0 Å². The second-order valence-electron chi connectivity index (χ2n) is 6.98. The van der Waals surface area contributed by atoms with E-state index in [1.165, 1.54) is 9.18 Å². The Morgan fingerprint density at radius 3 is 2.36 bits per heavy atom. The molecule has 1 aromatic heterocycles. The van der Waals surface area contributed by atoms with Crippen molar-refractivity contribution >= 4 is 27.3 Å². The molecule has 0 spiro atoms. The van der Waals surface area contributed by atoms with E-state index in [1.807, 2.05) is 53.3 Å². The Kier molecular flexibility index (Phi) is 6.87. The first-order chi connectivity index (χ1) is 13.4. The Morgan fingerprint density at radius 2 is 1.79 bits per heavy atom. The standard InChI is InChI=1S/C20H27N3O3S2/c1-3-22(15-18-5-4-14-27-18)20(24)16-21-10-12-23(13-11-21)28(25,26)19-8-6-17(2)7-9-19/h4-9,14H,3,10-13,15-16H2,1-2H3. The highest BCUT2D eigenvalue weighted by molar-refractivity contribution is 7.89. The number of piperazine rings is 1. The van der Waals surface area contributed by atoms with Crippen molar-refractivity contribution in [2.45, 2.75) is 25.3 Å². The summed E-state index contributed by atoms with van der Waals surface area (Å²) in [6, 6.07) is 11.0. The Hall–Kier alpha value is -1.74. The van der Waals surface area contributed by atoms with E-state index in [0.29, 0.717) is 50.7 Å². The van der Waals surface area contributed by atoms with Crippen LogP contribution in [0.3, 0.4) is 0 Å². The summed E-state index contributed by atoms with van der Waals surface area (Å²) in [4.78, 5) is 18.0. The molecule has 2 aromatic rings. The zero-order valence-corrected chi connectivity index (χ0v) is 18.0. The molecule has 1 aliphatic heterocycles. The van der Waals surface area contributed by atoms with E-state index >= 15 is 0 Å². The van der Waals surface area contributed by atoms with Crippen molar-refractivity contribution < 1.29 is 13.2 Å². The van der Waals surface area contributed by atoms with Crippen molar-refractivity contribution in [1.82, 2.24) is 14.1 Å². The van der Waals surface area contributed by atoms with Crippen LogP contribution in [0, 0.1) is 6.92 Å². The zero-order chi connectivity index (χ0) is 20.1. The molecule has 1 saturated heterocycles. The first-order valence-electron chi connectivity index (χ1n) is 9.49. The number of rotatable bonds is 7. The first-order valence-corrected chi connectivity index (χ1v) is 11.8. The molecule has 8 heteroatoms. The van der Waals surface area contributed by atoms with Crippen LogP contribution < -0.4 is 0 Å². The lowest BCUT2D eigenvalue weighted by Crippen LogP contribution is -2.51. The molecule has 6 nitrogen and oxygen atoms in total. The molecule has 1 amide bonds. The number of nitrogens with zero attached hydrogens (tertiary/aromatic N) is 3. The minimum absolute atomic E-state index is 0.0886. The van der Waals surface area contributed by atoms with Crippen molar-refractivity contribution in [3.8, 4) is 0 Å². The summed E-state index contributed by atoms with van der Waals surface area (Å²) in [6.07, 6.45) is 0. The van der Waals surface area contributed by atoms with E-state index in [1.54, 1.807) is 23.5 Å². The second kappa shape index (κ2) is 9.17. The van der Waals surface area contributed by atoms with Crippen molar-refractivity contribution in [3.63, 3.8) is 0 Å². The molecule has 0 atom stereocenters. The third-order valence-electron chi connectivity index (χ3n) is 5.01. The summed E-state index contributed by atoms with van der Waals surface area (Å²) in [5.74, 6) is 0.0886. The van der Waals surface area contributed by atoms with Crippen LogP contribution in [0.1, 0.15) is 17.4 Å². The van der Waals surface area contributed by atoms with E-state index < -0.39 is 10.0 Å². The maximum atomic E-state index is 12.8. The molecule has 28 heavy (non-hydrogen) atoms.